The SMILES string of the molecule is CCCOc1ccc(C(=O)Nc2cccc(OCCC)c2)cc1. The summed E-state index contributed by atoms with van der Waals surface area (Å²) in [5, 5.41) is 2.88. The highest BCUT2D eigenvalue weighted by Crippen LogP contribution is 2.19. The number of anilines is 1. The molecule has 1 N–H and O–H groups in total. The molecule has 0 aliphatic rings. The van der Waals surface area contributed by atoms with Gasteiger partial charge in [0.1, 0.15) is 11.5 Å². The minimum Gasteiger partial charge on any atom is -0.494 e. The van der Waals surface area contributed by atoms with Gasteiger partial charge in [-0.2, -0.15) is 0 Å². The van der Waals surface area contributed by atoms with Gasteiger partial charge in [0, 0.05) is 17.3 Å². The van der Waals surface area contributed by atoms with Crippen LogP contribution in [0.2, 0.25) is 0 Å². The van der Waals surface area contributed by atoms with Crippen LogP contribution in [0, 0.1) is 0 Å². The number of ether oxygens (including phenoxy) is 2. The molecule has 122 valence electrons. The molecule has 0 unspecified atom stereocenters. The quantitative estimate of drug-likeness (QED) is 0.779. The van der Waals surface area contributed by atoms with Gasteiger partial charge in [-0.3, -0.25) is 4.79 Å². The molecule has 0 heterocycles. The lowest BCUT2D eigenvalue weighted by molar-refractivity contribution is 0.102. The Morgan fingerprint density at radius 3 is 2.22 bits per heavy atom. The molecule has 4 heteroatoms. The first-order chi connectivity index (χ1) is 11.2. The van der Waals surface area contributed by atoms with Gasteiger partial charge in [-0.05, 0) is 49.2 Å². The van der Waals surface area contributed by atoms with Crippen LogP contribution in [0.3, 0.4) is 0 Å². The lowest BCUT2D eigenvalue weighted by atomic mass is 10.2. The number of carbonyl (C=O) groups is 1. The van der Waals surface area contributed by atoms with E-state index in [9.17, 15) is 4.79 Å². The summed E-state index contributed by atoms with van der Waals surface area (Å²) < 4.78 is 11.1. The van der Waals surface area contributed by atoms with Gasteiger partial charge in [0.25, 0.3) is 5.91 Å². The molecule has 2 aromatic rings. The average molecular weight is 313 g/mol. The molecule has 0 radical (unpaired) electrons. The lowest BCUT2D eigenvalue weighted by Crippen LogP contribution is -2.11. The molecule has 2 rings (SSSR count). The molecule has 0 atom stereocenters. The summed E-state index contributed by atoms with van der Waals surface area (Å²) in [5.41, 5.74) is 1.31. The molecule has 1 amide bonds. The molecule has 0 aliphatic carbocycles. The van der Waals surface area contributed by atoms with Crippen LogP contribution in [-0.4, -0.2) is 19.1 Å². The zero-order chi connectivity index (χ0) is 16.5. The van der Waals surface area contributed by atoms with Crippen molar-refractivity contribution in [3.8, 4) is 11.5 Å². The summed E-state index contributed by atoms with van der Waals surface area (Å²) in [6.07, 6.45) is 1.90. The first-order valence-electron chi connectivity index (χ1n) is 8.00. The molecule has 0 aliphatic heterocycles. The van der Waals surface area contributed by atoms with Crippen molar-refractivity contribution in [1.29, 1.82) is 0 Å². The maximum Gasteiger partial charge on any atom is 0.255 e. The first kappa shape index (κ1) is 16.9. The van der Waals surface area contributed by atoms with E-state index in [2.05, 4.69) is 19.2 Å². The summed E-state index contributed by atoms with van der Waals surface area (Å²) in [6, 6.07) is 14.6. The van der Waals surface area contributed by atoms with E-state index >= 15 is 0 Å². The van der Waals surface area contributed by atoms with Gasteiger partial charge in [-0.1, -0.05) is 19.9 Å². The smallest absolute Gasteiger partial charge is 0.255 e. The third-order valence-corrected chi connectivity index (χ3v) is 3.15. The predicted octanol–water partition coefficient (Wildman–Crippen LogP) is 4.52. The second-order valence-corrected chi connectivity index (χ2v) is 5.20. The maximum atomic E-state index is 12.3. The van der Waals surface area contributed by atoms with Gasteiger partial charge >= 0.3 is 0 Å². The van der Waals surface area contributed by atoms with Crippen molar-refractivity contribution in [3.05, 3.63) is 54.1 Å². The van der Waals surface area contributed by atoms with Crippen molar-refractivity contribution in [2.75, 3.05) is 18.5 Å². The number of hydrogen-bond acceptors (Lipinski definition) is 3. The average Bonchev–Trinajstić information content (AvgIpc) is 2.59. The highest BCUT2D eigenvalue weighted by atomic mass is 16.5. The Morgan fingerprint density at radius 1 is 0.913 bits per heavy atom. The molecule has 23 heavy (non-hydrogen) atoms. The normalized spacial score (nSPS) is 10.2. The van der Waals surface area contributed by atoms with Crippen molar-refractivity contribution < 1.29 is 14.3 Å². The van der Waals surface area contributed by atoms with Gasteiger partial charge in [0.15, 0.2) is 0 Å². The van der Waals surface area contributed by atoms with Gasteiger partial charge in [0.05, 0.1) is 13.2 Å². The fourth-order valence-corrected chi connectivity index (χ4v) is 2.01. The molecular weight excluding hydrogens is 290 g/mol. The lowest BCUT2D eigenvalue weighted by Gasteiger charge is -2.09. The Balaban J connectivity index is 1.98. The van der Waals surface area contributed by atoms with Crippen LogP contribution in [0.5, 0.6) is 11.5 Å². The third-order valence-electron chi connectivity index (χ3n) is 3.15. The van der Waals surface area contributed by atoms with Crippen molar-refractivity contribution >= 4 is 11.6 Å². The summed E-state index contributed by atoms with van der Waals surface area (Å²) in [5.74, 6) is 1.38. The van der Waals surface area contributed by atoms with Crippen LogP contribution in [0.15, 0.2) is 48.5 Å². The second-order valence-electron chi connectivity index (χ2n) is 5.20. The van der Waals surface area contributed by atoms with Crippen LogP contribution in [0.25, 0.3) is 0 Å². The fraction of sp³-hybridized carbons (Fsp3) is 0.316. The Labute approximate surface area is 137 Å². The number of rotatable bonds is 8. The first-order valence-corrected chi connectivity index (χ1v) is 8.00. The number of nitrogens with one attached hydrogen (secondary N) is 1. The highest BCUT2D eigenvalue weighted by Gasteiger charge is 2.07. The van der Waals surface area contributed by atoms with E-state index in [1.165, 1.54) is 0 Å². The Kier molecular flexibility index (Phi) is 6.48. The van der Waals surface area contributed by atoms with Gasteiger partial charge < -0.3 is 14.8 Å². The molecule has 2 aromatic carbocycles. The van der Waals surface area contributed by atoms with E-state index < -0.39 is 0 Å². The van der Waals surface area contributed by atoms with E-state index in [1.807, 2.05) is 36.4 Å². The summed E-state index contributed by atoms with van der Waals surface area (Å²) in [7, 11) is 0. The monoisotopic (exact) mass is 313 g/mol. The van der Waals surface area contributed by atoms with Crippen LogP contribution in [-0.2, 0) is 0 Å². The van der Waals surface area contributed by atoms with Crippen molar-refractivity contribution in [2.24, 2.45) is 0 Å². The third kappa shape index (κ3) is 5.33. The summed E-state index contributed by atoms with van der Waals surface area (Å²) in [4.78, 5) is 12.3. The maximum absolute atomic E-state index is 12.3. The molecule has 0 bridgehead atoms. The Morgan fingerprint density at radius 2 is 1.57 bits per heavy atom. The summed E-state index contributed by atoms with van der Waals surface area (Å²) in [6.45, 7) is 5.45. The summed E-state index contributed by atoms with van der Waals surface area (Å²) >= 11 is 0. The Bertz CT molecular complexity index is 623. The van der Waals surface area contributed by atoms with Crippen LogP contribution in [0.1, 0.15) is 37.0 Å². The minimum atomic E-state index is -0.153. The fourth-order valence-electron chi connectivity index (χ4n) is 2.01. The van der Waals surface area contributed by atoms with Crippen LogP contribution in [0.4, 0.5) is 5.69 Å². The van der Waals surface area contributed by atoms with E-state index in [0.717, 1.165) is 30.0 Å². The molecule has 0 aromatic heterocycles. The van der Waals surface area contributed by atoms with Crippen molar-refractivity contribution in [2.45, 2.75) is 26.7 Å². The second kappa shape index (κ2) is 8.83. The largest absolute Gasteiger partial charge is 0.494 e. The molecule has 0 saturated carbocycles. The Hall–Kier alpha value is -2.49. The van der Waals surface area contributed by atoms with E-state index in [4.69, 9.17) is 9.47 Å². The van der Waals surface area contributed by atoms with E-state index in [1.54, 1.807) is 12.1 Å². The van der Waals surface area contributed by atoms with Gasteiger partial charge in [0.2, 0.25) is 0 Å². The van der Waals surface area contributed by atoms with Crippen molar-refractivity contribution in [3.63, 3.8) is 0 Å². The molecule has 0 saturated heterocycles. The number of amides is 1. The molecule has 0 spiro atoms. The molecular formula is C19H23NO3. The number of hydrogen-bond donors (Lipinski definition) is 1. The zero-order valence-electron chi connectivity index (χ0n) is 13.7. The van der Waals surface area contributed by atoms with E-state index in [0.29, 0.717) is 18.8 Å². The standard InChI is InChI=1S/C19H23NO3/c1-3-12-22-17-10-8-15(9-11-17)19(21)20-16-6-5-7-18(14-16)23-13-4-2/h5-11,14H,3-4,12-13H2,1-2H3,(H,20,21). The molecule has 4 nitrogen and oxygen atoms in total. The molecule has 0 fully saturated rings. The minimum absolute atomic E-state index is 0.153. The predicted molar refractivity (Wildman–Crippen MR) is 92.4 cm³/mol. The topological polar surface area (TPSA) is 47.6 Å². The highest BCUT2D eigenvalue weighted by molar-refractivity contribution is 6.04. The zero-order valence-corrected chi connectivity index (χ0v) is 13.7. The van der Waals surface area contributed by atoms with Crippen molar-refractivity contribution in [1.82, 2.24) is 0 Å². The van der Waals surface area contributed by atoms with E-state index in [-0.39, 0.29) is 5.91 Å². The van der Waals surface area contributed by atoms with Gasteiger partial charge in [-0.25, -0.2) is 0 Å². The van der Waals surface area contributed by atoms with Crippen LogP contribution >= 0.6 is 0 Å². The van der Waals surface area contributed by atoms with Gasteiger partial charge in [-0.15, -0.1) is 0 Å². The number of benzene rings is 2. The van der Waals surface area contributed by atoms with Crippen LogP contribution < -0.4 is 14.8 Å². The number of carbonyl (C=O) groups excluding carboxylic acids is 1.